The second-order valence-electron chi connectivity index (χ2n) is 4.28. The van der Waals surface area contributed by atoms with Crippen molar-refractivity contribution < 1.29 is 4.74 Å². The highest BCUT2D eigenvalue weighted by Gasteiger charge is 2.21. The second kappa shape index (κ2) is 6.38. The first-order valence-electron chi connectivity index (χ1n) is 6.07. The Morgan fingerprint density at radius 2 is 2.29 bits per heavy atom. The molecule has 1 atom stereocenters. The Morgan fingerprint density at radius 3 is 3.06 bits per heavy atom. The molecule has 1 aliphatic heterocycles. The quantitative estimate of drug-likeness (QED) is 0.923. The molecule has 4 heteroatoms. The minimum Gasteiger partial charge on any atom is -0.374 e. The molecular formula is C13H19BrN2O. The number of anilines is 1. The lowest BCUT2D eigenvalue weighted by Gasteiger charge is -2.35. The zero-order chi connectivity index (χ0) is 12.1. The number of para-hydroxylation sites is 1. The van der Waals surface area contributed by atoms with Gasteiger partial charge in [0.05, 0.1) is 18.4 Å². The van der Waals surface area contributed by atoms with Crippen molar-refractivity contribution >= 4 is 21.6 Å². The third-order valence-electron chi connectivity index (χ3n) is 3.05. The predicted molar refractivity (Wildman–Crippen MR) is 74.6 cm³/mol. The fourth-order valence-electron chi connectivity index (χ4n) is 2.13. The lowest BCUT2D eigenvalue weighted by Crippen LogP contribution is -2.43. The molecule has 1 aromatic carbocycles. The van der Waals surface area contributed by atoms with Crippen molar-refractivity contribution in [3.05, 3.63) is 28.7 Å². The van der Waals surface area contributed by atoms with Crippen LogP contribution in [0.4, 0.5) is 5.69 Å². The zero-order valence-electron chi connectivity index (χ0n) is 10.2. The summed E-state index contributed by atoms with van der Waals surface area (Å²) < 4.78 is 6.94. The number of ether oxygens (including phenoxy) is 1. The molecule has 17 heavy (non-hydrogen) atoms. The van der Waals surface area contributed by atoms with Gasteiger partial charge in [0.2, 0.25) is 0 Å². The smallest absolute Gasteiger partial charge is 0.0762 e. The Balaban J connectivity index is 1.99. The van der Waals surface area contributed by atoms with E-state index < -0.39 is 0 Å². The van der Waals surface area contributed by atoms with Gasteiger partial charge in [-0.05, 0) is 48.1 Å². The van der Waals surface area contributed by atoms with E-state index in [4.69, 9.17) is 4.74 Å². The summed E-state index contributed by atoms with van der Waals surface area (Å²) in [6, 6.07) is 8.38. The molecule has 1 saturated heterocycles. The lowest BCUT2D eigenvalue weighted by atomic mass is 10.2. The summed E-state index contributed by atoms with van der Waals surface area (Å²) in [5, 5.41) is 3.17. The summed E-state index contributed by atoms with van der Waals surface area (Å²) in [4.78, 5) is 2.40. The van der Waals surface area contributed by atoms with Crippen LogP contribution in [0.25, 0.3) is 0 Å². The third-order valence-corrected chi connectivity index (χ3v) is 3.72. The molecule has 0 aliphatic carbocycles. The van der Waals surface area contributed by atoms with Crippen molar-refractivity contribution in [2.24, 2.45) is 0 Å². The monoisotopic (exact) mass is 298 g/mol. The average Bonchev–Trinajstić information content (AvgIpc) is 2.37. The molecule has 0 spiro atoms. The second-order valence-corrected chi connectivity index (χ2v) is 5.14. The van der Waals surface area contributed by atoms with Crippen molar-refractivity contribution in [1.82, 2.24) is 5.32 Å². The summed E-state index contributed by atoms with van der Waals surface area (Å²) in [7, 11) is 1.98. The first-order chi connectivity index (χ1) is 8.31. The number of nitrogens with zero attached hydrogens (tertiary/aromatic N) is 1. The van der Waals surface area contributed by atoms with E-state index >= 15 is 0 Å². The minimum atomic E-state index is 0.336. The molecule has 3 nitrogen and oxygen atoms in total. The van der Waals surface area contributed by atoms with Gasteiger partial charge in [-0.1, -0.05) is 12.1 Å². The fraction of sp³-hybridized carbons (Fsp3) is 0.538. The normalized spacial score (nSPS) is 20.6. The highest BCUT2D eigenvalue weighted by atomic mass is 79.9. The summed E-state index contributed by atoms with van der Waals surface area (Å²) >= 11 is 3.61. The summed E-state index contributed by atoms with van der Waals surface area (Å²) in [6.07, 6.45) is 1.40. The third kappa shape index (κ3) is 3.44. The van der Waals surface area contributed by atoms with E-state index in [0.717, 1.165) is 37.1 Å². The van der Waals surface area contributed by atoms with Crippen LogP contribution in [0, 0.1) is 0 Å². The number of nitrogens with one attached hydrogen (secondary N) is 1. The topological polar surface area (TPSA) is 24.5 Å². The molecule has 1 heterocycles. The van der Waals surface area contributed by atoms with E-state index in [1.807, 2.05) is 13.1 Å². The molecule has 0 amide bonds. The van der Waals surface area contributed by atoms with Gasteiger partial charge >= 0.3 is 0 Å². The molecule has 0 aromatic heterocycles. The summed E-state index contributed by atoms with van der Waals surface area (Å²) in [5.41, 5.74) is 1.27. The number of morpholine rings is 1. The van der Waals surface area contributed by atoms with Crippen LogP contribution < -0.4 is 10.2 Å². The Labute approximate surface area is 111 Å². The Bertz CT molecular complexity index is 359. The predicted octanol–water partition coefficient (Wildman–Crippen LogP) is 2.26. The average molecular weight is 299 g/mol. The van der Waals surface area contributed by atoms with Crippen LogP contribution in [0.2, 0.25) is 0 Å². The number of benzene rings is 1. The first-order valence-corrected chi connectivity index (χ1v) is 6.86. The van der Waals surface area contributed by atoms with Gasteiger partial charge in [0.1, 0.15) is 0 Å². The highest BCUT2D eigenvalue weighted by molar-refractivity contribution is 9.10. The van der Waals surface area contributed by atoms with Crippen molar-refractivity contribution in [2.45, 2.75) is 12.5 Å². The maximum atomic E-state index is 5.77. The van der Waals surface area contributed by atoms with E-state index in [1.165, 1.54) is 5.69 Å². The van der Waals surface area contributed by atoms with Gasteiger partial charge in [-0.15, -0.1) is 0 Å². The molecule has 0 saturated carbocycles. The highest BCUT2D eigenvalue weighted by Crippen LogP contribution is 2.27. The Hall–Kier alpha value is -0.580. The molecule has 0 radical (unpaired) electrons. The van der Waals surface area contributed by atoms with Gasteiger partial charge < -0.3 is 15.0 Å². The number of rotatable bonds is 4. The number of halogens is 1. The summed E-state index contributed by atoms with van der Waals surface area (Å²) in [5.74, 6) is 0. The Kier molecular flexibility index (Phi) is 4.83. The van der Waals surface area contributed by atoms with Crippen molar-refractivity contribution in [2.75, 3.05) is 38.2 Å². The van der Waals surface area contributed by atoms with Crippen LogP contribution in [0.15, 0.2) is 28.7 Å². The van der Waals surface area contributed by atoms with E-state index in [2.05, 4.69) is 44.3 Å². The maximum absolute atomic E-state index is 5.77. The molecule has 1 unspecified atom stereocenters. The standard InChI is InChI=1S/C13H19BrN2O/c1-15-7-6-11-10-16(8-9-17-11)13-5-3-2-4-12(13)14/h2-5,11,15H,6-10H2,1H3. The Morgan fingerprint density at radius 1 is 1.47 bits per heavy atom. The summed E-state index contributed by atoms with van der Waals surface area (Å²) in [6.45, 7) is 3.77. The van der Waals surface area contributed by atoms with E-state index in [9.17, 15) is 0 Å². The van der Waals surface area contributed by atoms with Gasteiger partial charge in [-0.3, -0.25) is 0 Å². The van der Waals surface area contributed by atoms with Crippen molar-refractivity contribution in [1.29, 1.82) is 0 Å². The van der Waals surface area contributed by atoms with E-state index in [-0.39, 0.29) is 0 Å². The zero-order valence-corrected chi connectivity index (χ0v) is 11.7. The maximum Gasteiger partial charge on any atom is 0.0762 e. The van der Waals surface area contributed by atoms with Gasteiger partial charge in [-0.25, -0.2) is 0 Å². The first kappa shape index (κ1) is 12.9. The van der Waals surface area contributed by atoms with Gasteiger partial charge in [0.15, 0.2) is 0 Å². The molecule has 1 N–H and O–H groups in total. The minimum absolute atomic E-state index is 0.336. The molecular weight excluding hydrogens is 280 g/mol. The van der Waals surface area contributed by atoms with E-state index in [1.54, 1.807) is 0 Å². The van der Waals surface area contributed by atoms with Gasteiger partial charge in [0, 0.05) is 17.6 Å². The molecule has 1 aliphatic rings. The van der Waals surface area contributed by atoms with Crippen LogP contribution in [0.3, 0.4) is 0 Å². The van der Waals surface area contributed by atoms with Crippen LogP contribution >= 0.6 is 15.9 Å². The fourth-order valence-corrected chi connectivity index (χ4v) is 2.66. The molecule has 1 aromatic rings. The van der Waals surface area contributed by atoms with Gasteiger partial charge in [0.25, 0.3) is 0 Å². The largest absolute Gasteiger partial charge is 0.374 e. The van der Waals surface area contributed by atoms with Crippen LogP contribution in [0.1, 0.15) is 6.42 Å². The van der Waals surface area contributed by atoms with Crippen LogP contribution in [0.5, 0.6) is 0 Å². The molecule has 94 valence electrons. The van der Waals surface area contributed by atoms with Crippen LogP contribution in [-0.4, -0.2) is 39.4 Å². The van der Waals surface area contributed by atoms with Crippen molar-refractivity contribution in [3.63, 3.8) is 0 Å². The number of hydrogen-bond donors (Lipinski definition) is 1. The molecule has 1 fully saturated rings. The van der Waals surface area contributed by atoms with Gasteiger partial charge in [-0.2, -0.15) is 0 Å². The number of hydrogen-bond acceptors (Lipinski definition) is 3. The molecule has 0 bridgehead atoms. The molecule has 2 rings (SSSR count). The van der Waals surface area contributed by atoms with Crippen LogP contribution in [-0.2, 0) is 4.74 Å². The lowest BCUT2D eigenvalue weighted by molar-refractivity contribution is 0.0357. The van der Waals surface area contributed by atoms with E-state index in [0.29, 0.717) is 6.10 Å². The van der Waals surface area contributed by atoms with Crippen molar-refractivity contribution in [3.8, 4) is 0 Å². The SMILES string of the molecule is CNCCC1CN(c2ccccc2Br)CCO1.